The molecule has 0 N–H and O–H groups in total. The molecule has 0 saturated carbocycles. The van der Waals surface area contributed by atoms with Crippen molar-refractivity contribution in [1.29, 1.82) is 0 Å². The topological polar surface area (TPSA) is 20.3 Å². The zero-order chi connectivity index (χ0) is 12.7. The summed E-state index contributed by atoms with van der Waals surface area (Å²) >= 11 is 13.5. The van der Waals surface area contributed by atoms with Gasteiger partial charge >= 0.3 is 0 Å². The van der Waals surface area contributed by atoms with Crippen LogP contribution in [0.25, 0.3) is 0 Å². The highest BCUT2D eigenvalue weighted by atomic mass is 127. The molecule has 0 aliphatic heterocycles. The van der Waals surface area contributed by atoms with Crippen molar-refractivity contribution in [2.24, 2.45) is 0 Å². The number of halogens is 3. The average Bonchev–Trinajstić information content (AvgIpc) is 2.35. The highest BCUT2D eigenvalue weighted by molar-refractivity contribution is 14.1. The fraction of sp³-hybridized carbons (Fsp3) is 0.417. The molecule has 0 radical (unpaired) electrons. The van der Waals surface area contributed by atoms with Gasteiger partial charge in [-0.3, -0.25) is 4.79 Å². The Morgan fingerprint density at radius 1 is 1.18 bits per heavy atom. The second-order valence-electron chi connectivity index (χ2n) is 3.55. The Balaban J connectivity index is 2.74. The molecule has 0 aromatic heterocycles. The molecule has 0 aliphatic rings. The molecule has 2 nitrogen and oxygen atoms in total. The second kappa shape index (κ2) is 8.16. The zero-order valence-electron chi connectivity index (χ0n) is 9.33. The molecule has 1 aromatic carbocycles. The summed E-state index contributed by atoms with van der Waals surface area (Å²) in [6.45, 7) is 0.666. The Morgan fingerprint density at radius 2 is 1.82 bits per heavy atom. The van der Waals surface area contributed by atoms with Crippen LogP contribution in [0.15, 0.2) is 24.3 Å². The van der Waals surface area contributed by atoms with Crippen molar-refractivity contribution >= 4 is 57.4 Å². The molecular formula is C12H14Cl2INO. The van der Waals surface area contributed by atoms with Crippen LogP contribution in [0.3, 0.4) is 0 Å². The highest BCUT2D eigenvalue weighted by Gasteiger charge is 2.13. The maximum Gasteiger partial charge on any atom is 0.241 e. The third-order valence-corrected chi connectivity index (χ3v) is 3.53. The van der Waals surface area contributed by atoms with Gasteiger partial charge in [0.15, 0.2) is 0 Å². The Kier molecular flexibility index (Phi) is 7.23. The van der Waals surface area contributed by atoms with E-state index in [0.717, 1.165) is 22.1 Å². The van der Waals surface area contributed by atoms with Gasteiger partial charge in [-0.25, -0.2) is 0 Å². The van der Waals surface area contributed by atoms with Crippen LogP contribution in [0, 0.1) is 3.57 Å². The predicted octanol–water partition coefficient (Wildman–Crippen LogP) is 3.88. The van der Waals surface area contributed by atoms with Crippen LogP contribution in [-0.2, 0) is 4.79 Å². The van der Waals surface area contributed by atoms with E-state index < -0.39 is 0 Å². The first kappa shape index (κ1) is 15.1. The molecule has 5 heteroatoms. The molecule has 0 spiro atoms. The summed E-state index contributed by atoms with van der Waals surface area (Å²) < 4.78 is 1.14. The van der Waals surface area contributed by atoms with Crippen LogP contribution in [0.1, 0.15) is 12.8 Å². The number of hydrogen-bond acceptors (Lipinski definition) is 1. The third kappa shape index (κ3) is 5.02. The maximum atomic E-state index is 11.8. The quantitative estimate of drug-likeness (QED) is 0.413. The Hall–Kier alpha value is -0.000000000000000111. The summed E-state index contributed by atoms with van der Waals surface area (Å²) in [4.78, 5) is 13.5. The molecule has 0 unspecified atom stereocenters. The Labute approximate surface area is 125 Å². The first-order valence-corrected chi connectivity index (χ1v) is 7.51. The van der Waals surface area contributed by atoms with Crippen LogP contribution in [-0.4, -0.2) is 24.2 Å². The fourth-order valence-electron chi connectivity index (χ4n) is 1.46. The average molecular weight is 386 g/mol. The number of hydrogen-bond donors (Lipinski definition) is 0. The minimum absolute atomic E-state index is 0.00681. The van der Waals surface area contributed by atoms with Crippen molar-refractivity contribution in [3.63, 3.8) is 0 Å². The van der Waals surface area contributed by atoms with E-state index in [1.165, 1.54) is 0 Å². The normalized spacial score (nSPS) is 10.3. The monoisotopic (exact) mass is 385 g/mol. The largest absolute Gasteiger partial charge is 0.311 e. The van der Waals surface area contributed by atoms with Gasteiger partial charge in [-0.15, -0.1) is 23.2 Å². The molecular weight excluding hydrogens is 372 g/mol. The summed E-state index contributed by atoms with van der Waals surface area (Å²) in [5.74, 6) is 0.560. The Morgan fingerprint density at radius 3 is 2.35 bits per heavy atom. The van der Waals surface area contributed by atoms with E-state index in [0.29, 0.717) is 12.4 Å². The molecule has 1 amide bonds. The van der Waals surface area contributed by atoms with Crippen molar-refractivity contribution in [2.75, 3.05) is 23.2 Å². The van der Waals surface area contributed by atoms with Crippen molar-refractivity contribution in [1.82, 2.24) is 0 Å². The molecule has 0 aliphatic carbocycles. The number of carbonyl (C=O) groups is 1. The number of alkyl halides is 2. The van der Waals surface area contributed by atoms with Crippen LogP contribution < -0.4 is 4.90 Å². The lowest BCUT2D eigenvalue weighted by Gasteiger charge is -2.21. The van der Waals surface area contributed by atoms with E-state index in [-0.39, 0.29) is 11.8 Å². The van der Waals surface area contributed by atoms with Crippen molar-refractivity contribution in [2.45, 2.75) is 12.8 Å². The van der Waals surface area contributed by atoms with Crippen molar-refractivity contribution in [3.05, 3.63) is 27.8 Å². The molecule has 0 fully saturated rings. The molecule has 0 atom stereocenters. The molecule has 94 valence electrons. The lowest BCUT2D eigenvalue weighted by Crippen LogP contribution is -2.32. The van der Waals surface area contributed by atoms with Gasteiger partial charge in [0.05, 0.1) is 0 Å². The number of carbonyl (C=O) groups excluding carboxylic acids is 1. The first-order chi connectivity index (χ1) is 8.19. The van der Waals surface area contributed by atoms with Gasteiger partial charge in [0.25, 0.3) is 0 Å². The molecule has 1 rings (SSSR count). The summed E-state index contributed by atoms with van der Waals surface area (Å²) in [5.41, 5.74) is 0.894. The number of nitrogens with zero attached hydrogens (tertiary/aromatic N) is 1. The maximum absolute atomic E-state index is 11.8. The number of benzene rings is 1. The van der Waals surface area contributed by atoms with Gasteiger partial charge in [0.2, 0.25) is 5.91 Å². The van der Waals surface area contributed by atoms with Gasteiger partial charge < -0.3 is 4.90 Å². The standard InChI is InChI=1S/C12H14Cl2INO/c13-7-1-2-8-16(12(17)9-14)11-5-3-10(15)4-6-11/h3-6H,1-2,7-9H2. The fourth-order valence-corrected chi connectivity index (χ4v) is 2.15. The minimum Gasteiger partial charge on any atom is -0.311 e. The third-order valence-electron chi connectivity index (χ3n) is 2.32. The molecule has 0 bridgehead atoms. The Bertz CT molecular complexity index is 356. The molecule has 17 heavy (non-hydrogen) atoms. The van der Waals surface area contributed by atoms with Crippen LogP contribution >= 0.6 is 45.8 Å². The van der Waals surface area contributed by atoms with E-state index in [9.17, 15) is 4.79 Å². The van der Waals surface area contributed by atoms with Gasteiger partial charge in [-0.05, 0) is 59.7 Å². The van der Waals surface area contributed by atoms with Gasteiger partial charge in [-0.2, -0.15) is 0 Å². The van der Waals surface area contributed by atoms with Gasteiger partial charge in [0, 0.05) is 21.7 Å². The van der Waals surface area contributed by atoms with Gasteiger partial charge in [0.1, 0.15) is 5.88 Å². The summed E-state index contributed by atoms with van der Waals surface area (Å²) in [5, 5.41) is 0. The van der Waals surface area contributed by atoms with Gasteiger partial charge in [-0.1, -0.05) is 0 Å². The predicted molar refractivity (Wildman–Crippen MR) is 82.2 cm³/mol. The first-order valence-electron chi connectivity index (χ1n) is 5.37. The summed E-state index contributed by atoms with van der Waals surface area (Å²) in [7, 11) is 0. The minimum atomic E-state index is -0.0672. The highest BCUT2D eigenvalue weighted by Crippen LogP contribution is 2.17. The molecule has 0 heterocycles. The second-order valence-corrected chi connectivity index (χ2v) is 5.44. The van der Waals surface area contributed by atoms with Crippen molar-refractivity contribution in [3.8, 4) is 0 Å². The van der Waals surface area contributed by atoms with Crippen LogP contribution in [0.4, 0.5) is 5.69 Å². The molecule has 1 aromatic rings. The lowest BCUT2D eigenvalue weighted by atomic mass is 10.2. The number of rotatable bonds is 6. The number of anilines is 1. The van der Waals surface area contributed by atoms with E-state index in [1.54, 1.807) is 4.90 Å². The molecule has 0 saturated heterocycles. The van der Waals surface area contributed by atoms with Crippen LogP contribution in [0.5, 0.6) is 0 Å². The smallest absolute Gasteiger partial charge is 0.241 e. The lowest BCUT2D eigenvalue weighted by molar-refractivity contribution is -0.116. The summed E-state index contributed by atoms with van der Waals surface area (Å²) in [6.07, 6.45) is 1.79. The van der Waals surface area contributed by atoms with E-state index in [4.69, 9.17) is 23.2 Å². The van der Waals surface area contributed by atoms with E-state index in [1.807, 2.05) is 24.3 Å². The van der Waals surface area contributed by atoms with Crippen LogP contribution in [0.2, 0.25) is 0 Å². The number of amides is 1. The summed E-state index contributed by atoms with van der Waals surface area (Å²) in [6, 6.07) is 7.83. The zero-order valence-corrected chi connectivity index (χ0v) is 13.0. The van der Waals surface area contributed by atoms with E-state index >= 15 is 0 Å². The van der Waals surface area contributed by atoms with E-state index in [2.05, 4.69) is 22.6 Å². The SMILES string of the molecule is O=C(CCl)N(CCCCCl)c1ccc(I)cc1. The number of unbranched alkanes of at least 4 members (excludes halogenated alkanes) is 1. The van der Waals surface area contributed by atoms with Crippen molar-refractivity contribution < 1.29 is 4.79 Å².